The smallest absolute Gasteiger partial charge is 0.340 e. The van der Waals surface area contributed by atoms with Crippen LogP contribution in [-0.4, -0.2) is 12.1 Å². The second-order valence-corrected chi connectivity index (χ2v) is 3.34. The molecular formula is C11H9NO2. The van der Waals surface area contributed by atoms with Crippen LogP contribution in [0.3, 0.4) is 0 Å². The molecule has 0 saturated carbocycles. The molecule has 2 rings (SSSR count). The van der Waals surface area contributed by atoms with E-state index in [4.69, 9.17) is 10.00 Å². The van der Waals surface area contributed by atoms with Gasteiger partial charge in [0.2, 0.25) is 0 Å². The van der Waals surface area contributed by atoms with Crippen molar-refractivity contribution in [1.29, 1.82) is 5.26 Å². The Bertz CT molecular complexity index is 431. The first-order valence-electron chi connectivity index (χ1n) is 4.41. The summed E-state index contributed by atoms with van der Waals surface area (Å²) in [5.74, 6) is -0.379. The predicted molar refractivity (Wildman–Crippen MR) is 49.7 cm³/mol. The van der Waals surface area contributed by atoms with Crippen LogP contribution in [0.15, 0.2) is 18.2 Å². The normalized spacial score (nSPS) is 19.4. The van der Waals surface area contributed by atoms with Crippen molar-refractivity contribution >= 4 is 5.97 Å². The molecule has 1 heterocycles. The van der Waals surface area contributed by atoms with E-state index in [2.05, 4.69) is 0 Å². The van der Waals surface area contributed by atoms with Crippen LogP contribution in [0.1, 0.15) is 21.5 Å². The van der Waals surface area contributed by atoms with Gasteiger partial charge < -0.3 is 4.74 Å². The molecule has 1 aliphatic heterocycles. The molecule has 1 aromatic rings. The Balaban J connectivity index is 2.51. The van der Waals surface area contributed by atoms with Gasteiger partial charge in [-0.2, -0.15) is 5.26 Å². The second kappa shape index (κ2) is 3.15. The molecule has 1 unspecified atom stereocenters. The molecule has 0 bridgehead atoms. The number of ether oxygens (including phenoxy) is 1. The number of fused-ring (bicyclic) bond motifs is 1. The third-order valence-corrected chi connectivity index (χ3v) is 2.36. The van der Waals surface area contributed by atoms with Gasteiger partial charge in [0.15, 0.2) is 6.10 Å². The third-order valence-electron chi connectivity index (χ3n) is 2.36. The van der Waals surface area contributed by atoms with Gasteiger partial charge in [-0.3, -0.25) is 0 Å². The van der Waals surface area contributed by atoms with Gasteiger partial charge in [0.1, 0.15) is 6.07 Å². The molecule has 1 aromatic carbocycles. The molecule has 0 radical (unpaired) electrons. The van der Waals surface area contributed by atoms with Gasteiger partial charge in [0.25, 0.3) is 0 Å². The van der Waals surface area contributed by atoms with Crippen LogP contribution < -0.4 is 0 Å². The number of rotatable bonds is 0. The monoisotopic (exact) mass is 187 g/mol. The summed E-state index contributed by atoms with van der Waals surface area (Å²) < 4.78 is 4.94. The molecule has 3 heteroatoms. The number of nitrogens with zero attached hydrogens (tertiary/aromatic N) is 1. The van der Waals surface area contributed by atoms with E-state index in [9.17, 15) is 4.79 Å². The first-order valence-corrected chi connectivity index (χ1v) is 4.41. The van der Waals surface area contributed by atoms with Crippen LogP contribution in [-0.2, 0) is 11.2 Å². The van der Waals surface area contributed by atoms with Crippen molar-refractivity contribution < 1.29 is 9.53 Å². The fourth-order valence-corrected chi connectivity index (χ4v) is 1.69. The minimum Gasteiger partial charge on any atom is -0.443 e. The molecular weight excluding hydrogens is 178 g/mol. The SMILES string of the molecule is Cc1cccc2c1C(=O)OC(C#N)C2. The van der Waals surface area contributed by atoms with Crippen molar-refractivity contribution in [2.24, 2.45) is 0 Å². The molecule has 14 heavy (non-hydrogen) atoms. The first kappa shape index (κ1) is 8.76. The van der Waals surface area contributed by atoms with Crippen molar-refractivity contribution in [3.05, 3.63) is 34.9 Å². The van der Waals surface area contributed by atoms with Gasteiger partial charge >= 0.3 is 5.97 Å². The summed E-state index contributed by atoms with van der Waals surface area (Å²) in [5.41, 5.74) is 2.44. The van der Waals surface area contributed by atoms with Crippen LogP contribution in [0.25, 0.3) is 0 Å². The number of esters is 1. The number of carbonyl (C=O) groups excluding carboxylic acids is 1. The molecule has 0 amide bonds. The average Bonchev–Trinajstić information content (AvgIpc) is 2.17. The van der Waals surface area contributed by atoms with E-state index in [0.29, 0.717) is 12.0 Å². The van der Waals surface area contributed by atoms with Gasteiger partial charge in [0, 0.05) is 6.42 Å². The Labute approximate surface area is 81.9 Å². The maximum atomic E-state index is 11.5. The Morgan fingerprint density at radius 2 is 2.36 bits per heavy atom. The lowest BCUT2D eigenvalue weighted by molar-refractivity contribution is 0.0370. The highest BCUT2D eigenvalue weighted by molar-refractivity contribution is 5.94. The van der Waals surface area contributed by atoms with Crippen molar-refractivity contribution in [3.63, 3.8) is 0 Å². The van der Waals surface area contributed by atoms with Crippen LogP contribution in [0, 0.1) is 18.3 Å². The van der Waals surface area contributed by atoms with E-state index in [1.807, 2.05) is 31.2 Å². The van der Waals surface area contributed by atoms with E-state index < -0.39 is 6.10 Å². The van der Waals surface area contributed by atoms with E-state index in [1.54, 1.807) is 0 Å². The van der Waals surface area contributed by atoms with E-state index in [0.717, 1.165) is 11.1 Å². The standard InChI is InChI=1S/C11H9NO2/c1-7-3-2-4-8-5-9(6-12)14-11(13)10(7)8/h2-4,9H,5H2,1H3. The summed E-state index contributed by atoms with van der Waals surface area (Å²) in [6.45, 7) is 1.87. The van der Waals surface area contributed by atoms with Crippen molar-refractivity contribution in [3.8, 4) is 6.07 Å². The first-order chi connectivity index (χ1) is 6.72. The highest BCUT2D eigenvalue weighted by Gasteiger charge is 2.26. The van der Waals surface area contributed by atoms with Gasteiger partial charge in [-0.05, 0) is 18.1 Å². The number of carbonyl (C=O) groups is 1. The fourth-order valence-electron chi connectivity index (χ4n) is 1.69. The van der Waals surface area contributed by atoms with Gasteiger partial charge in [-0.15, -0.1) is 0 Å². The molecule has 3 nitrogen and oxygen atoms in total. The van der Waals surface area contributed by atoms with Crippen molar-refractivity contribution in [2.45, 2.75) is 19.4 Å². The Morgan fingerprint density at radius 3 is 3.07 bits per heavy atom. The summed E-state index contributed by atoms with van der Waals surface area (Å²) in [5, 5.41) is 8.68. The number of aryl methyl sites for hydroxylation is 1. The number of benzene rings is 1. The average molecular weight is 187 g/mol. The highest BCUT2D eigenvalue weighted by atomic mass is 16.5. The van der Waals surface area contributed by atoms with E-state index >= 15 is 0 Å². The number of cyclic esters (lactones) is 1. The number of hydrogen-bond acceptors (Lipinski definition) is 3. The lowest BCUT2D eigenvalue weighted by atomic mass is 9.95. The zero-order valence-corrected chi connectivity index (χ0v) is 7.78. The minimum absolute atomic E-state index is 0.379. The summed E-state index contributed by atoms with van der Waals surface area (Å²) in [6.07, 6.45) is -0.129. The molecule has 0 aliphatic carbocycles. The van der Waals surface area contributed by atoms with E-state index in [1.165, 1.54) is 0 Å². The van der Waals surface area contributed by atoms with Crippen molar-refractivity contribution in [1.82, 2.24) is 0 Å². The number of nitriles is 1. The summed E-state index contributed by atoms with van der Waals surface area (Å²) in [6, 6.07) is 7.58. The van der Waals surface area contributed by atoms with Crippen LogP contribution in [0.2, 0.25) is 0 Å². The molecule has 70 valence electrons. The minimum atomic E-state index is -0.628. The van der Waals surface area contributed by atoms with E-state index in [-0.39, 0.29) is 5.97 Å². The Morgan fingerprint density at radius 1 is 1.57 bits per heavy atom. The molecule has 0 aromatic heterocycles. The highest BCUT2D eigenvalue weighted by Crippen LogP contribution is 2.23. The predicted octanol–water partition coefficient (Wildman–Crippen LogP) is 1.60. The summed E-state index contributed by atoms with van der Waals surface area (Å²) in [7, 11) is 0. The van der Waals surface area contributed by atoms with Gasteiger partial charge in [-0.25, -0.2) is 4.79 Å². The van der Waals surface area contributed by atoms with Crippen LogP contribution >= 0.6 is 0 Å². The van der Waals surface area contributed by atoms with Gasteiger partial charge in [-0.1, -0.05) is 18.2 Å². The lowest BCUT2D eigenvalue weighted by Gasteiger charge is -2.20. The zero-order chi connectivity index (χ0) is 10.1. The fraction of sp³-hybridized carbons (Fsp3) is 0.273. The Hall–Kier alpha value is -1.82. The largest absolute Gasteiger partial charge is 0.443 e. The molecule has 0 spiro atoms. The van der Waals surface area contributed by atoms with Crippen LogP contribution in [0.4, 0.5) is 0 Å². The quantitative estimate of drug-likeness (QED) is 0.579. The third kappa shape index (κ3) is 1.25. The molecule has 1 atom stereocenters. The van der Waals surface area contributed by atoms with Gasteiger partial charge in [0.05, 0.1) is 5.56 Å². The molecule has 1 aliphatic rings. The second-order valence-electron chi connectivity index (χ2n) is 3.34. The molecule has 0 saturated heterocycles. The topological polar surface area (TPSA) is 50.1 Å². The Kier molecular flexibility index (Phi) is 1.97. The van der Waals surface area contributed by atoms with Crippen molar-refractivity contribution in [2.75, 3.05) is 0 Å². The number of hydrogen-bond donors (Lipinski definition) is 0. The molecule has 0 N–H and O–H groups in total. The maximum absolute atomic E-state index is 11.5. The summed E-state index contributed by atoms with van der Waals surface area (Å²) in [4.78, 5) is 11.5. The lowest BCUT2D eigenvalue weighted by Crippen LogP contribution is -2.27. The summed E-state index contributed by atoms with van der Waals surface area (Å²) >= 11 is 0. The maximum Gasteiger partial charge on any atom is 0.340 e. The van der Waals surface area contributed by atoms with Crippen LogP contribution in [0.5, 0.6) is 0 Å². The molecule has 0 fully saturated rings. The zero-order valence-electron chi connectivity index (χ0n) is 7.78.